The molecular formula is C22H17N3O3S2. The zero-order valence-corrected chi connectivity index (χ0v) is 17.5. The molecule has 0 fully saturated rings. The third-order valence-corrected chi connectivity index (χ3v) is 6.58. The number of fused-ring (bicyclic) bond motifs is 3. The van der Waals surface area contributed by atoms with Crippen molar-refractivity contribution >= 4 is 50.6 Å². The van der Waals surface area contributed by atoms with Crippen LogP contribution in [0.5, 0.6) is 0 Å². The molecule has 30 heavy (non-hydrogen) atoms. The Hall–Kier alpha value is -3.23. The van der Waals surface area contributed by atoms with Crippen LogP contribution in [0.3, 0.4) is 0 Å². The summed E-state index contributed by atoms with van der Waals surface area (Å²) in [5, 5.41) is 4.78. The monoisotopic (exact) mass is 435 g/mol. The van der Waals surface area contributed by atoms with Gasteiger partial charge in [0.1, 0.15) is 17.6 Å². The van der Waals surface area contributed by atoms with Crippen LogP contribution in [0.15, 0.2) is 74.8 Å². The molecule has 4 aromatic heterocycles. The molecule has 1 aromatic carbocycles. The SMILES string of the molecule is O=C(Cn1cnc2c(oc3ccccc32)c1=O)N(Cc1cccs1)Cc1cccs1. The third kappa shape index (κ3) is 3.55. The molecule has 0 unspecified atom stereocenters. The molecule has 5 aromatic rings. The lowest BCUT2D eigenvalue weighted by molar-refractivity contribution is -0.133. The number of aromatic nitrogens is 2. The summed E-state index contributed by atoms with van der Waals surface area (Å²) in [4.78, 5) is 34.5. The summed E-state index contributed by atoms with van der Waals surface area (Å²) in [6.45, 7) is 0.919. The molecule has 8 heteroatoms. The number of nitrogens with zero attached hydrogens (tertiary/aromatic N) is 3. The van der Waals surface area contributed by atoms with Crippen LogP contribution < -0.4 is 5.56 Å². The number of thiophene rings is 2. The second-order valence-corrected chi connectivity index (χ2v) is 8.93. The summed E-state index contributed by atoms with van der Waals surface area (Å²) in [5.41, 5.74) is 0.956. The molecule has 0 aliphatic heterocycles. The molecule has 0 saturated carbocycles. The topological polar surface area (TPSA) is 68.3 Å². The lowest BCUT2D eigenvalue weighted by Crippen LogP contribution is -2.35. The van der Waals surface area contributed by atoms with Crippen molar-refractivity contribution in [2.75, 3.05) is 0 Å². The number of carbonyl (C=O) groups excluding carboxylic acids is 1. The summed E-state index contributed by atoms with van der Waals surface area (Å²) in [6.07, 6.45) is 1.43. The van der Waals surface area contributed by atoms with Crippen LogP contribution in [-0.2, 0) is 24.4 Å². The summed E-state index contributed by atoms with van der Waals surface area (Å²) in [7, 11) is 0. The average Bonchev–Trinajstić information content (AvgIpc) is 3.51. The number of benzene rings is 1. The Labute approximate surface area is 179 Å². The number of hydrogen-bond acceptors (Lipinski definition) is 6. The minimum absolute atomic E-state index is 0.0877. The molecular weight excluding hydrogens is 418 g/mol. The number of amides is 1. The van der Waals surface area contributed by atoms with Crippen LogP contribution in [-0.4, -0.2) is 20.4 Å². The summed E-state index contributed by atoms with van der Waals surface area (Å²) in [5.74, 6) is -0.142. The molecule has 0 atom stereocenters. The number of carbonyl (C=O) groups is 1. The normalized spacial score (nSPS) is 11.3. The Morgan fingerprint density at radius 3 is 2.37 bits per heavy atom. The van der Waals surface area contributed by atoms with Gasteiger partial charge >= 0.3 is 0 Å². The predicted octanol–water partition coefficient (Wildman–Crippen LogP) is 4.49. The fraction of sp³-hybridized carbons (Fsp3) is 0.136. The summed E-state index contributed by atoms with van der Waals surface area (Å²) < 4.78 is 7.04. The quantitative estimate of drug-likeness (QED) is 0.394. The van der Waals surface area contributed by atoms with E-state index in [1.54, 1.807) is 33.6 Å². The zero-order chi connectivity index (χ0) is 20.5. The first-order valence-corrected chi connectivity index (χ1v) is 11.1. The van der Waals surface area contributed by atoms with Gasteiger partial charge in [-0.2, -0.15) is 0 Å². The number of furan rings is 1. The van der Waals surface area contributed by atoms with Gasteiger partial charge in [-0.25, -0.2) is 4.98 Å². The highest BCUT2D eigenvalue weighted by molar-refractivity contribution is 7.10. The van der Waals surface area contributed by atoms with E-state index in [-0.39, 0.29) is 23.6 Å². The minimum Gasteiger partial charge on any atom is -0.448 e. The van der Waals surface area contributed by atoms with Gasteiger partial charge in [-0.1, -0.05) is 24.3 Å². The highest BCUT2D eigenvalue weighted by Gasteiger charge is 2.19. The van der Waals surface area contributed by atoms with Gasteiger partial charge in [-0.3, -0.25) is 14.2 Å². The number of para-hydroxylation sites is 1. The van der Waals surface area contributed by atoms with Gasteiger partial charge in [0.05, 0.1) is 19.4 Å². The van der Waals surface area contributed by atoms with E-state index in [1.165, 1.54) is 10.9 Å². The maximum absolute atomic E-state index is 13.1. The van der Waals surface area contributed by atoms with Crippen molar-refractivity contribution < 1.29 is 9.21 Å². The molecule has 0 bridgehead atoms. The fourth-order valence-electron chi connectivity index (χ4n) is 3.39. The van der Waals surface area contributed by atoms with Crippen LogP contribution in [0.2, 0.25) is 0 Å². The van der Waals surface area contributed by atoms with Crippen LogP contribution in [0, 0.1) is 0 Å². The standard InChI is InChI=1S/C22H17N3O3S2/c26-19(24(11-15-5-3-9-29-15)12-16-6-4-10-30-16)13-25-14-23-20-17-7-1-2-8-18(17)28-21(20)22(25)27/h1-10,14H,11-13H2. The molecule has 4 heterocycles. The van der Waals surface area contributed by atoms with E-state index in [4.69, 9.17) is 4.42 Å². The van der Waals surface area contributed by atoms with Gasteiger partial charge in [0, 0.05) is 15.1 Å². The highest BCUT2D eigenvalue weighted by Crippen LogP contribution is 2.24. The van der Waals surface area contributed by atoms with Gasteiger partial charge in [0.15, 0.2) is 0 Å². The van der Waals surface area contributed by atoms with Crippen LogP contribution >= 0.6 is 22.7 Å². The second kappa shape index (κ2) is 7.89. The van der Waals surface area contributed by atoms with E-state index in [2.05, 4.69) is 4.98 Å². The maximum Gasteiger partial charge on any atom is 0.297 e. The first kappa shape index (κ1) is 18.8. The Kier molecular flexibility index (Phi) is 4.94. The lowest BCUT2D eigenvalue weighted by Gasteiger charge is -2.22. The van der Waals surface area contributed by atoms with Crippen LogP contribution in [0.1, 0.15) is 9.75 Å². The van der Waals surface area contributed by atoms with Gasteiger partial charge in [-0.15, -0.1) is 22.7 Å². The van der Waals surface area contributed by atoms with Crippen molar-refractivity contribution in [1.29, 1.82) is 0 Å². The first-order chi connectivity index (χ1) is 14.7. The van der Waals surface area contributed by atoms with Gasteiger partial charge in [0.25, 0.3) is 5.56 Å². The minimum atomic E-state index is -0.350. The second-order valence-electron chi connectivity index (χ2n) is 6.86. The van der Waals surface area contributed by atoms with Crippen LogP contribution in [0.25, 0.3) is 22.1 Å². The molecule has 0 aliphatic carbocycles. The lowest BCUT2D eigenvalue weighted by atomic mass is 10.2. The first-order valence-electron chi connectivity index (χ1n) is 9.38. The smallest absolute Gasteiger partial charge is 0.297 e. The van der Waals surface area contributed by atoms with E-state index in [9.17, 15) is 9.59 Å². The Morgan fingerprint density at radius 1 is 1.00 bits per heavy atom. The van der Waals surface area contributed by atoms with Crippen molar-refractivity contribution in [2.24, 2.45) is 0 Å². The summed E-state index contributed by atoms with van der Waals surface area (Å²) in [6, 6.07) is 15.3. The highest BCUT2D eigenvalue weighted by atomic mass is 32.1. The van der Waals surface area contributed by atoms with Gasteiger partial charge in [0.2, 0.25) is 11.5 Å². The van der Waals surface area contributed by atoms with E-state index in [0.29, 0.717) is 24.2 Å². The average molecular weight is 436 g/mol. The van der Waals surface area contributed by atoms with Crippen molar-refractivity contribution in [1.82, 2.24) is 14.5 Å². The van der Waals surface area contributed by atoms with Crippen molar-refractivity contribution in [2.45, 2.75) is 19.6 Å². The molecule has 0 aliphatic rings. The third-order valence-electron chi connectivity index (χ3n) is 4.86. The molecule has 150 valence electrons. The van der Waals surface area contributed by atoms with Crippen LogP contribution in [0.4, 0.5) is 0 Å². The Bertz CT molecular complexity index is 1330. The number of hydrogen-bond donors (Lipinski definition) is 0. The van der Waals surface area contributed by atoms with E-state index in [1.807, 2.05) is 53.2 Å². The van der Waals surface area contributed by atoms with Crippen molar-refractivity contribution in [3.8, 4) is 0 Å². The Balaban J connectivity index is 1.45. The molecule has 0 radical (unpaired) electrons. The van der Waals surface area contributed by atoms with Gasteiger partial charge < -0.3 is 9.32 Å². The van der Waals surface area contributed by atoms with Crippen molar-refractivity contribution in [3.05, 3.63) is 85.7 Å². The predicted molar refractivity (Wildman–Crippen MR) is 119 cm³/mol. The molecule has 0 N–H and O–H groups in total. The Morgan fingerprint density at radius 2 is 1.70 bits per heavy atom. The van der Waals surface area contributed by atoms with E-state index in [0.717, 1.165) is 15.1 Å². The van der Waals surface area contributed by atoms with E-state index < -0.39 is 0 Å². The molecule has 5 rings (SSSR count). The van der Waals surface area contributed by atoms with E-state index >= 15 is 0 Å². The van der Waals surface area contributed by atoms with Crippen molar-refractivity contribution in [3.63, 3.8) is 0 Å². The molecule has 0 saturated heterocycles. The molecule has 0 spiro atoms. The molecule has 6 nitrogen and oxygen atoms in total. The largest absolute Gasteiger partial charge is 0.448 e. The zero-order valence-electron chi connectivity index (χ0n) is 15.9. The molecule has 1 amide bonds. The fourth-order valence-corrected chi connectivity index (χ4v) is 4.83. The summed E-state index contributed by atoms with van der Waals surface area (Å²) >= 11 is 3.22. The van der Waals surface area contributed by atoms with Gasteiger partial charge in [-0.05, 0) is 35.0 Å². The maximum atomic E-state index is 13.1. The number of rotatable bonds is 6.